The van der Waals surface area contributed by atoms with E-state index in [1.165, 1.54) is 0 Å². The maximum absolute atomic E-state index is 11.6. The van der Waals surface area contributed by atoms with Gasteiger partial charge in [-0.1, -0.05) is 49.4 Å². The molecule has 0 fully saturated rings. The number of aryl methyl sites for hydroxylation is 3. The van der Waals surface area contributed by atoms with Crippen molar-refractivity contribution in [2.45, 2.75) is 40.7 Å². The van der Waals surface area contributed by atoms with Crippen LogP contribution in [0.1, 0.15) is 46.9 Å². The van der Waals surface area contributed by atoms with Gasteiger partial charge in [-0.25, -0.2) is 14.8 Å². The quantitative estimate of drug-likeness (QED) is 0.409. The predicted octanol–water partition coefficient (Wildman–Crippen LogP) is 5.46. The van der Waals surface area contributed by atoms with E-state index >= 15 is 0 Å². The Morgan fingerprint density at radius 3 is 2.41 bits per heavy atom. The molecule has 6 nitrogen and oxygen atoms in total. The summed E-state index contributed by atoms with van der Waals surface area (Å²) in [6.07, 6.45) is 0.815. The fourth-order valence-corrected chi connectivity index (χ4v) is 4.23. The Morgan fingerprint density at radius 1 is 1.03 bits per heavy atom. The average Bonchev–Trinajstić information content (AvgIpc) is 3.14. The molecule has 4 rings (SSSR count). The van der Waals surface area contributed by atoms with Crippen LogP contribution in [-0.2, 0) is 13.0 Å². The highest BCUT2D eigenvalue weighted by molar-refractivity contribution is 5.96. The summed E-state index contributed by atoms with van der Waals surface area (Å²) in [4.78, 5) is 21.4. The lowest BCUT2D eigenvalue weighted by molar-refractivity contribution is 0.0697. The van der Waals surface area contributed by atoms with E-state index in [9.17, 15) is 9.90 Å². The molecule has 0 aliphatic rings. The lowest BCUT2D eigenvalue weighted by atomic mass is 9.99. The molecule has 2 heterocycles. The van der Waals surface area contributed by atoms with Gasteiger partial charge in [-0.3, -0.25) is 0 Å². The largest absolute Gasteiger partial charge is 0.478 e. The molecule has 6 heteroatoms. The van der Waals surface area contributed by atoms with E-state index in [2.05, 4.69) is 30.7 Å². The summed E-state index contributed by atoms with van der Waals surface area (Å²) in [5, 5.41) is 12.9. The Labute approximate surface area is 188 Å². The average molecular weight is 429 g/mol. The summed E-state index contributed by atoms with van der Waals surface area (Å²) in [5.74, 6) is 0.0832. The molecule has 0 aliphatic carbocycles. The summed E-state index contributed by atoms with van der Waals surface area (Å²) in [7, 11) is 0. The number of carboxylic acid groups (broad SMARTS) is 1. The number of imidazole rings is 1. The molecule has 4 aromatic rings. The molecule has 0 unspecified atom stereocenters. The van der Waals surface area contributed by atoms with Gasteiger partial charge in [0.25, 0.3) is 0 Å². The molecule has 0 spiro atoms. The number of carbonyl (C=O) groups is 1. The monoisotopic (exact) mass is 428 g/mol. The fraction of sp³-hybridized carbons (Fsp3) is 0.269. The summed E-state index contributed by atoms with van der Waals surface area (Å²) < 4.78 is 2.19. The van der Waals surface area contributed by atoms with Crippen LogP contribution in [-0.4, -0.2) is 32.2 Å². The topological polar surface area (TPSA) is 80.0 Å². The molecule has 32 heavy (non-hydrogen) atoms. The zero-order valence-electron chi connectivity index (χ0n) is 18.9. The molecule has 2 aromatic heterocycles. The first-order valence-corrected chi connectivity index (χ1v) is 11.0. The maximum Gasteiger partial charge on any atom is 0.336 e. The van der Waals surface area contributed by atoms with Crippen molar-refractivity contribution in [2.75, 3.05) is 11.9 Å². The summed E-state index contributed by atoms with van der Waals surface area (Å²) in [5.41, 5.74) is 8.03. The molecular weight excluding hydrogens is 400 g/mol. The van der Waals surface area contributed by atoms with Crippen LogP contribution in [0, 0.1) is 13.8 Å². The van der Waals surface area contributed by atoms with Crippen LogP contribution >= 0.6 is 0 Å². The van der Waals surface area contributed by atoms with Gasteiger partial charge in [0.15, 0.2) is 5.65 Å². The Bertz CT molecular complexity index is 1290. The first-order valence-electron chi connectivity index (χ1n) is 11.0. The number of hydrogen-bond acceptors (Lipinski definition) is 4. The van der Waals surface area contributed by atoms with Crippen LogP contribution in [0.5, 0.6) is 0 Å². The minimum Gasteiger partial charge on any atom is -0.478 e. The number of aromatic carboxylic acids is 1. The number of carboxylic acids is 1. The fourth-order valence-electron chi connectivity index (χ4n) is 4.23. The molecule has 164 valence electrons. The Hall–Kier alpha value is -3.67. The number of nitrogens with zero attached hydrogens (tertiary/aromatic N) is 3. The van der Waals surface area contributed by atoms with E-state index in [1.807, 2.05) is 43.3 Å². The van der Waals surface area contributed by atoms with Crippen molar-refractivity contribution < 1.29 is 9.90 Å². The Balaban J connectivity index is 1.72. The van der Waals surface area contributed by atoms with E-state index < -0.39 is 5.97 Å². The van der Waals surface area contributed by atoms with Crippen LogP contribution in [0.15, 0.2) is 48.5 Å². The van der Waals surface area contributed by atoms with Crippen molar-refractivity contribution in [3.8, 4) is 11.1 Å². The number of anilines is 1. The van der Waals surface area contributed by atoms with Crippen molar-refractivity contribution in [2.24, 2.45) is 0 Å². The van der Waals surface area contributed by atoms with E-state index in [-0.39, 0.29) is 0 Å². The standard InChI is InChI=1S/C26H28N4O2/c1-5-22-29-24-16(3)23(27-6-2)17(4)28-25(24)30(22)15-18-11-13-19(14-12-18)20-9-7-8-10-21(20)26(31)32/h7-14,27H,5-6,15H2,1-4H3,(H,31,32). The van der Waals surface area contributed by atoms with Crippen molar-refractivity contribution in [3.05, 3.63) is 76.7 Å². The number of benzene rings is 2. The number of aromatic nitrogens is 3. The zero-order chi connectivity index (χ0) is 22.8. The van der Waals surface area contributed by atoms with E-state index in [0.717, 1.165) is 63.6 Å². The first-order chi connectivity index (χ1) is 15.4. The van der Waals surface area contributed by atoms with Crippen LogP contribution < -0.4 is 5.32 Å². The van der Waals surface area contributed by atoms with Gasteiger partial charge in [0.1, 0.15) is 11.3 Å². The van der Waals surface area contributed by atoms with Gasteiger partial charge in [-0.15, -0.1) is 0 Å². The summed E-state index contributed by atoms with van der Waals surface area (Å²) in [6, 6.07) is 15.1. The van der Waals surface area contributed by atoms with Gasteiger partial charge in [0.05, 0.1) is 23.5 Å². The molecule has 0 atom stereocenters. The molecule has 0 saturated heterocycles. The third-order valence-electron chi connectivity index (χ3n) is 5.82. The van der Waals surface area contributed by atoms with Crippen molar-refractivity contribution in [1.82, 2.24) is 14.5 Å². The van der Waals surface area contributed by atoms with Gasteiger partial charge < -0.3 is 15.0 Å². The lowest BCUT2D eigenvalue weighted by Crippen LogP contribution is -2.07. The summed E-state index contributed by atoms with van der Waals surface area (Å²) in [6.45, 7) is 9.82. The van der Waals surface area contributed by atoms with Crippen molar-refractivity contribution in [3.63, 3.8) is 0 Å². The van der Waals surface area contributed by atoms with Gasteiger partial charge in [0.2, 0.25) is 0 Å². The number of rotatable bonds is 7. The molecule has 2 N–H and O–H groups in total. The smallest absolute Gasteiger partial charge is 0.336 e. The second kappa shape index (κ2) is 8.83. The minimum absolute atomic E-state index is 0.306. The van der Waals surface area contributed by atoms with Crippen LogP contribution in [0.4, 0.5) is 5.69 Å². The maximum atomic E-state index is 11.6. The van der Waals surface area contributed by atoms with E-state index in [4.69, 9.17) is 9.97 Å². The molecule has 2 aromatic carbocycles. The molecule has 0 amide bonds. The highest BCUT2D eigenvalue weighted by atomic mass is 16.4. The van der Waals surface area contributed by atoms with Crippen LogP contribution in [0.25, 0.3) is 22.3 Å². The van der Waals surface area contributed by atoms with Crippen LogP contribution in [0.2, 0.25) is 0 Å². The second-order valence-electron chi connectivity index (χ2n) is 7.92. The van der Waals surface area contributed by atoms with Crippen LogP contribution in [0.3, 0.4) is 0 Å². The lowest BCUT2D eigenvalue weighted by Gasteiger charge is -2.13. The van der Waals surface area contributed by atoms with Gasteiger partial charge in [0, 0.05) is 18.5 Å². The molecule has 0 radical (unpaired) electrons. The highest BCUT2D eigenvalue weighted by Gasteiger charge is 2.17. The normalized spacial score (nSPS) is 11.1. The van der Waals surface area contributed by atoms with Gasteiger partial charge >= 0.3 is 5.97 Å². The van der Waals surface area contributed by atoms with Crippen molar-refractivity contribution >= 4 is 22.8 Å². The van der Waals surface area contributed by atoms with Crippen molar-refractivity contribution in [1.29, 1.82) is 0 Å². The van der Waals surface area contributed by atoms with Gasteiger partial charge in [-0.05, 0) is 43.5 Å². The number of pyridine rings is 1. The SMILES string of the molecule is CCNc1c(C)nc2c(nc(CC)n2Cc2ccc(-c3ccccc3C(=O)O)cc2)c1C. The van der Waals surface area contributed by atoms with E-state index in [0.29, 0.717) is 12.1 Å². The Morgan fingerprint density at radius 2 is 1.75 bits per heavy atom. The minimum atomic E-state index is -0.920. The number of nitrogens with one attached hydrogen (secondary N) is 1. The predicted molar refractivity (Wildman–Crippen MR) is 128 cm³/mol. The third kappa shape index (κ3) is 3.84. The zero-order valence-corrected chi connectivity index (χ0v) is 18.9. The second-order valence-corrected chi connectivity index (χ2v) is 7.92. The Kier molecular flexibility index (Phi) is 5.95. The number of hydrogen-bond donors (Lipinski definition) is 2. The molecule has 0 saturated carbocycles. The number of fused-ring (bicyclic) bond motifs is 1. The van der Waals surface area contributed by atoms with Gasteiger partial charge in [-0.2, -0.15) is 0 Å². The first kappa shape index (κ1) is 21.6. The summed E-state index contributed by atoms with van der Waals surface area (Å²) >= 11 is 0. The molecular formula is C26H28N4O2. The third-order valence-corrected chi connectivity index (χ3v) is 5.82. The van der Waals surface area contributed by atoms with E-state index in [1.54, 1.807) is 12.1 Å². The highest BCUT2D eigenvalue weighted by Crippen LogP contribution is 2.29. The molecule has 0 bridgehead atoms. The molecule has 0 aliphatic heterocycles.